The van der Waals surface area contributed by atoms with Gasteiger partial charge in [0.1, 0.15) is 23.9 Å². The number of halogens is 1. The molecule has 0 spiro atoms. The van der Waals surface area contributed by atoms with Gasteiger partial charge >= 0.3 is 0 Å². The topological polar surface area (TPSA) is 39.4 Å². The fourth-order valence-electron chi connectivity index (χ4n) is 2.37. The number of hydrogen-bond donors (Lipinski definition) is 0. The zero-order valence-electron chi connectivity index (χ0n) is 13.9. The minimum absolute atomic E-state index is 0.0165. The number of ketones is 1. The monoisotopic (exact) mass is 372 g/mol. The van der Waals surface area contributed by atoms with E-state index < -0.39 is 0 Å². The van der Waals surface area contributed by atoms with E-state index in [1.54, 1.807) is 41.7 Å². The van der Waals surface area contributed by atoms with Gasteiger partial charge in [0.15, 0.2) is 5.78 Å². The van der Waals surface area contributed by atoms with Gasteiger partial charge in [0.05, 0.1) is 0 Å². The standard InChI is InChI=1S/C20H17ClO3S/c1-13-11-19(14(2)25-13)20(22)10-9-17-7-8-18(24-17)12-23-16-5-3-15(21)4-6-16/h3-11H,12H2,1-2H3/b10-9+. The van der Waals surface area contributed by atoms with Gasteiger partial charge in [0.2, 0.25) is 0 Å². The van der Waals surface area contributed by atoms with Gasteiger partial charge in [0, 0.05) is 20.3 Å². The quantitative estimate of drug-likeness (QED) is 0.388. The average molecular weight is 373 g/mol. The molecule has 3 rings (SSSR count). The molecule has 0 atom stereocenters. The summed E-state index contributed by atoms with van der Waals surface area (Å²) in [6.45, 7) is 4.27. The van der Waals surface area contributed by atoms with Crippen LogP contribution in [0.3, 0.4) is 0 Å². The third-order valence-corrected chi connectivity index (χ3v) is 4.80. The third-order valence-electron chi connectivity index (χ3n) is 3.58. The van der Waals surface area contributed by atoms with Crippen LogP contribution in [0.4, 0.5) is 0 Å². The number of carbonyl (C=O) groups is 1. The van der Waals surface area contributed by atoms with Crippen molar-refractivity contribution >= 4 is 34.8 Å². The van der Waals surface area contributed by atoms with Gasteiger partial charge in [-0.15, -0.1) is 11.3 Å². The molecule has 1 aromatic carbocycles. The van der Waals surface area contributed by atoms with Gasteiger partial charge in [-0.25, -0.2) is 0 Å². The van der Waals surface area contributed by atoms with E-state index in [0.29, 0.717) is 23.2 Å². The van der Waals surface area contributed by atoms with Crippen LogP contribution in [0.25, 0.3) is 6.08 Å². The first-order valence-corrected chi connectivity index (χ1v) is 8.97. The lowest BCUT2D eigenvalue weighted by Crippen LogP contribution is -1.93. The first-order valence-electron chi connectivity index (χ1n) is 7.78. The summed E-state index contributed by atoms with van der Waals surface area (Å²) in [5, 5.41) is 0.665. The fourth-order valence-corrected chi connectivity index (χ4v) is 3.43. The van der Waals surface area contributed by atoms with Gasteiger partial charge in [-0.2, -0.15) is 0 Å². The maximum Gasteiger partial charge on any atom is 0.187 e. The van der Waals surface area contributed by atoms with Crippen LogP contribution >= 0.6 is 22.9 Å². The molecule has 3 aromatic rings. The summed E-state index contributed by atoms with van der Waals surface area (Å²) in [6, 6.07) is 12.7. The lowest BCUT2D eigenvalue weighted by molar-refractivity contribution is 0.104. The lowest BCUT2D eigenvalue weighted by Gasteiger charge is -2.03. The van der Waals surface area contributed by atoms with Crippen molar-refractivity contribution in [3.05, 3.63) is 80.4 Å². The highest BCUT2D eigenvalue weighted by molar-refractivity contribution is 7.12. The second-order valence-corrected chi connectivity index (χ2v) is 7.47. The minimum Gasteiger partial charge on any atom is -0.486 e. The highest BCUT2D eigenvalue weighted by atomic mass is 35.5. The van der Waals surface area contributed by atoms with Crippen molar-refractivity contribution in [1.82, 2.24) is 0 Å². The summed E-state index contributed by atoms with van der Waals surface area (Å²) in [7, 11) is 0. The normalized spacial score (nSPS) is 11.2. The number of aryl methyl sites for hydroxylation is 2. The predicted molar refractivity (Wildman–Crippen MR) is 102 cm³/mol. The number of furan rings is 1. The summed E-state index contributed by atoms with van der Waals surface area (Å²) >= 11 is 7.46. The number of carbonyl (C=O) groups excluding carboxylic acids is 1. The molecule has 5 heteroatoms. The molecular formula is C20H17ClO3S. The third kappa shape index (κ3) is 4.62. The van der Waals surface area contributed by atoms with Gasteiger partial charge < -0.3 is 9.15 Å². The van der Waals surface area contributed by atoms with E-state index in [1.807, 2.05) is 32.0 Å². The molecule has 3 nitrogen and oxygen atoms in total. The molecule has 0 fully saturated rings. The molecular weight excluding hydrogens is 356 g/mol. The van der Waals surface area contributed by atoms with E-state index >= 15 is 0 Å². The van der Waals surface area contributed by atoms with E-state index in [0.717, 1.165) is 21.1 Å². The van der Waals surface area contributed by atoms with Gasteiger partial charge in [-0.1, -0.05) is 11.6 Å². The van der Waals surface area contributed by atoms with Gasteiger partial charge in [0.25, 0.3) is 0 Å². The number of benzene rings is 1. The summed E-state index contributed by atoms with van der Waals surface area (Å²) in [6.07, 6.45) is 3.22. The Balaban J connectivity index is 1.60. The predicted octanol–water partition coefficient (Wildman–Crippen LogP) is 6.09. The van der Waals surface area contributed by atoms with Crippen LogP contribution in [0.2, 0.25) is 5.02 Å². The Morgan fingerprint density at radius 2 is 1.96 bits per heavy atom. The van der Waals surface area contributed by atoms with Crippen molar-refractivity contribution < 1.29 is 13.9 Å². The van der Waals surface area contributed by atoms with Crippen LogP contribution in [0.15, 0.2) is 53.0 Å². The molecule has 0 aliphatic heterocycles. The molecule has 128 valence electrons. The van der Waals surface area contributed by atoms with Crippen LogP contribution in [0, 0.1) is 13.8 Å². The maximum atomic E-state index is 12.2. The Labute approximate surface area is 155 Å². The lowest BCUT2D eigenvalue weighted by atomic mass is 10.1. The first kappa shape index (κ1) is 17.5. The second-order valence-electron chi connectivity index (χ2n) is 5.57. The van der Waals surface area contributed by atoms with Crippen LogP contribution in [-0.4, -0.2) is 5.78 Å². The van der Waals surface area contributed by atoms with Crippen LogP contribution in [0.1, 0.15) is 31.6 Å². The summed E-state index contributed by atoms with van der Waals surface area (Å²) < 4.78 is 11.3. The maximum absolute atomic E-state index is 12.2. The van der Waals surface area contributed by atoms with Gasteiger partial charge in [-0.3, -0.25) is 4.79 Å². The zero-order chi connectivity index (χ0) is 17.8. The summed E-state index contributed by atoms with van der Waals surface area (Å²) in [5.41, 5.74) is 0.747. The molecule has 25 heavy (non-hydrogen) atoms. The van der Waals surface area contributed by atoms with E-state index in [9.17, 15) is 4.79 Å². The van der Waals surface area contributed by atoms with Crippen molar-refractivity contribution in [2.24, 2.45) is 0 Å². The SMILES string of the molecule is Cc1cc(C(=O)/C=C/c2ccc(COc3ccc(Cl)cc3)o2)c(C)s1. The molecule has 0 N–H and O–H groups in total. The smallest absolute Gasteiger partial charge is 0.187 e. The number of allylic oxidation sites excluding steroid dienone is 1. The Morgan fingerprint density at radius 3 is 2.64 bits per heavy atom. The average Bonchev–Trinajstić information content (AvgIpc) is 3.18. The molecule has 0 saturated carbocycles. The Bertz CT molecular complexity index is 903. The number of hydrogen-bond acceptors (Lipinski definition) is 4. The number of thiophene rings is 1. The van der Waals surface area contributed by atoms with Crippen molar-refractivity contribution in [3.63, 3.8) is 0 Å². The summed E-state index contributed by atoms with van der Waals surface area (Å²) in [5.74, 6) is 2.01. The van der Waals surface area contributed by atoms with Crippen LogP contribution < -0.4 is 4.74 Å². The first-order chi connectivity index (χ1) is 12.0. The minimum atomic E-state index is -0.0165. The van der Waals surface area contributed by atoms with Crippen molar-refractivity contribution in [3.8, 4) is 5.75 Å². The number of rotatable bonds is 6. The molecule has 2 heterocycles. The fraction of sp³-hybridized carbons (Fsp3) is 0.150. The molecule has 0 unspecified atom stereocenters. The largest absolute Gasteiger partial charge is 0.486 e. The molecule has 0 bridgehead atoms. The second kappa shape index (κ2) is 7.72. The van der Waals surface area contributed by atoms with E-state index in [-0.39, 0.29) is 5.78 Å². The van der Waals surface area contributed by atoms with Gasteiger partial charge in [-0.05, 0) is 68.5 Å². The zero-order valence-corrected chi connectivity index (χ0v) is 15.5. The molecule has 0 radical (unpaired) electrons. The molecule has 0 saturated heterocycles. The molecule has 2 aromatic heterocycles. The van der Waals surface area contributed by atoms with E-state index in [4.69, 9.17) is 20.8 Å². The van der Waals surface area contributed by atoms with Crippen LogP contribution in [0.5, 0.6) is 5.75 Å². The van der Waals surface area contributed by atoms with Crippen molar-refractivity contribution in [2.45, 2.75) is 20.5 Å². The van der Waals surface area contributed by atoms with Crippen LogP contribution in [-0.2, 0) is 6.61 Å². The Hall–Kier alpha value is -2.30. The van der Waals surface area contributed by atoms with E-state index in [1.165, 1.54) is 6.08 Å². The van der Waals surface area contributed by atoms with Crippen molar-refractivity contribution in [2.75, 3.05) is 0 Å². The highest BCUT2D eigenvalue weighted by Gasteiger charge is 2.09. The Kier molecular flexibility index (Phi) is 5.41. The highest BCUT2D eigenvalue weighted by Crippen LogP contribution is 2.22. The number of ether oxygens (including phenoxy) is 1. The van der Waals surface area contributed by atoms with Crippen molar-refractivity contribution in [1.29, 1.82) is 0 Å². The summed E-state index contributed by atoms with van der Waals surface area (Å²) in [4.78, 5) is 14.4. The molecule has 0 amide bonds. The molecule has 0 aliphatic rings. The Morgan fingerprint density at radius 1 is 1.20 bits per heavy atom. The molecule has 0 aliphatic carbocycles. The van der Waals surface area contributed by atoms with E-state index in [2.05, 4.69) is 0 Å².